The number of fused-ring (bicyclic) bond motifs is 2. The van der Waals surface area contributed by atoms with Crippen molar-refractivity contribution in [2.75, 3.05) is 19.6 Å². The normalized spacial score (nSPS) is 29.4. The zero-order chi connectivity index (χ0) is 11.4. The summed E-state index contributed by atoms with van der Waals surface area (Å²) in [7, 11) is 0. The first-order valence-corrected chi connectivity index (χ1v) is 7.23. The molecule has 2 atom stereocenters. The van der Waals surface area contributed by atoms with Gasteiger partial charge >= 0.3 is 0 Å². The summed E-state index contributed by atoms with van der Waals surface area (Å²) in [6, 6.07) is 1.62. The first-order chi connectivity index (χ1) is 7.75. The largest absolute Gasteiger partial charge is 0.315 e. The SMILES string of the molecule is CC(C)NCCCCCN1CC2CCC1C2. The fraction of sp³-hybridized carbons (Fsp3) is 1.00. The summed E-state index contributed by atoms with van der Waals surface area (Å²) in [6.45, 7) is 8.42. The van der Waals surface area contributed by atoms with Gasteiger partial charge in [-0.25, -0.2) is 0 Å². The molecule has 2 rings (SSSR count). The minimum atomic E-state index is 0.648. The van der Waals surface area contributed by atoms with E-state index in [1.54, 1.807) is 0 Å². The second-order valence-corrected chi connectivity index (χ2v) is 6.00. The number of piperidine rings is 1. The zero-order valence-electron chi connectivity index (χ0n) is 11.0. The standard InChI is InChI=1S/C14H28N2/c1-12(2)15-8-4-3-5-9-16-11-13-6-7-14(16)10-13/h12-15H,3-11H2,1-2H3. The van der Waals surface area contributed by atoms with Gasteiger partial charge in [-0.2, -0.15) is 0 Å². The van der Waals surface area contributed by atoms with Crippen LogP contribution in [0, 0.1) is 5.92 Å². The molecule has 0 aromatic heterocycles. The number of hydrogen-bond acceptors (Lipinski definition) is 2. The molecule has 2 bridgehead atoms. The van der Waals surface area contributed by atoms with Crippen LogP contribution in [0.1, 0.15) is 52.4 Å². The van der Waals surface area contributed by atoms with Crippen molar-refractivity contribution in [2.24, 2.45) is 5.92 Å². The molecule has 2 nitrogen and oxygen atoms in total. The molecule has 2 fully saturated rings. The molecule has 1 saturated carbocycles. The van der Waals surface area contributed by atoms with Gasteiger partial charge in [0.25, 0.3) is 0 Å². The van der Waals surface area contributed by atoms with Crippen LogP contribution in [0.2, 0.25) is 0 Å². The van der Waals surface area contributed by atoms with E-state index >= 15 is 0 Å². The van der Waals surface area contributed by atoms with Crippen molar-refractivity contribution in [3.8, 4) is 0 Å². The average Bonchev–Trinajstić information content (AvgIpc) is 2.84. The summed E-state index contributed by atoms with van der Waals surface area (Å²) in [5.74, 6) is 1.06. The Morgan fingerprint density at radius 3 is 2.69 bits per heavy atom. The Morgan fingerprint density at radius 2 is 2.06 bits per heavy atom. The van der Waals surface area contributed by atoms with Crippen LogP contribution >= 0.6 is 0 Å². The summed E-state index contributed by atoms with van der Waals surface area (Å²) < 4.78 is 0. The third-order valence-corrected chi connectivity index (χ3v) is 4.20. The lowest BCUT2D eigenvalue weighted by Crippen LogP contribution is -2.32. The van der Waals surface area contributed by atoms with E-state index in [4.69, 9.17) is 0 Å². The second kappa shape index (κ2) is 6.02. The van der Waals surface area contributed by atoms with E-state index in [2.05, 4.69) is 24.1 Å². The van der Waals surface area contributed by atoms with Crippen LogP contribution in [0.25, 0.3) is 0 Å². The molecule has 1 N–H and O–H groups in total. The van der Waals surface area contributed by atoms with Crippen LogP contribution in [0.5, 0.6) is 0 Å². The van der Waals surface area contributed by atoms with Gasteiger partial charge in [-0.05, 0) is 51.1 Å². The maximum atomic E-state index is 3.49. The number of nitrogens with one attached hydrogen (secondary N) is 1. The molecule has 2 heteroatoms. The maximum absolute atomic E-state index is 3.49. The van der Waals surface area contributed by atoms with E-state index in [0.29, 0.717) is 6.04 Å². The summed E-state index contributed by atoms with van der Waals surface area (Å²) in [5, 5.41) is 3.49. The minimum Gasteiger partial charge on any atom is -0.315 e. The Bertz CT molecular complexity index is 203. The molecular formula is C14H28N2. The Morgan fingerprint density at radius 1 is 1.19 bits per heavy atom. The number of likely N-dealkylation sites (tertiary alicyclic amines) is 1. The molecule has 0 spiro atoms. The molecule has 1 aliphatic heterocycles. The molecule has 0 amide bonds. The Balaban J connectivity index is 1.46. The van der Waals surface area contributed by atoms with E-state index in [-0.39, 0.29) is 0 Å². The summed E-state index contributed by atoms with van der Waals surface area (Å²) in [5.41, 5.74) is 0. The lowest BCUT2D eigenvalue weighted by Gasteiger charge is -2.26. The molecule has 0 aromatic rings. The van der Waals surface area contributed by atoms with E-state index in [1.807, 2.05) is 0 Å². The highest BCUT2D eigenvalue weighted by Gasteiger charge is 2.36. The summed E-state index contributed by atoms with van der Waals surface area (Å²) in [6.07, 6.45) is 8.66. The van der Waals surface area contributed by atoms with Gasteiger partial charge in [0.1, 0.15) is 0 Å². The molecule has 2 aliphatic rings. The smallest absolute Gasteiger partial charge is 0.00985 e. The molecule has 0 aromatic carbocycles. The molecule has 0 radical (unpaired) electrons. The highest BCUT2D eigenvalue weighted by Crippen LogP contribution is 2.37. The molecule has 1 saturated heterocycles. The van der Waals surface area contributed by atoms with Gasteiger partial charge < -0.3 is 10.2 Å². The third-order valence-electron chi connectivity index (χ3n) is 4.20. The van der Waals surface area contributed by atoms with Gasteiger partial charge in [0.05, 0.1) is 0 Å². The fourth-order valence-corrected chi connectivity index (χ4v) is 3.31. The zero-order valence-corrected chi connectivity index (χ0v) is 11.0. The van der Waals surface area contributed by atoms with Crippen LogP contribution in [-0.4, -0.2) is 36.6 Å². The van der Waals surface area contributed by atoms with Crippen molar-refractivity contribution in [3.05, 3.63) is 0 Å². The number of nitrogens with zero attached hydrogens (tertiary/aromatic N) is 1. The number of hydrogen-bond donors (Lipinski definition) is 1. The lowest BCUT2D eigenvalue weighted by atomic mass is 10.1. The monoisotopic (exact) mass is 224 g/mol. The van der Waals surface area contributed by atoms with Crippen molar-refractivity contribution in [2.45, 2.75) is 64.5 Å². The second-order valence-electron chi connectivity index (χ2n) is 6.00. The third kappa shape index (κ3) is 3.46. The van der Waals surface area contributed by atoms with Crippen LogP contribution in [0.4, 0.5) is 0 Å². The summed E-state index contributed by atoms with van der Waals surface area (Å²) >= 11 is 0. The van der Waals surface area contributed by atoms with Crippen molar-refractivity contribution in [1.29, 1.82) is 0 Å². The van der Waals surface area contributed by atoms with Crippen molar-refractivity contribution in [3.63, 3.8) is 0 Å². The molecule has 1 aliphatic carbocycles. The maximum Gasteiger partial charge on any atom is 0.00985 e. The van der Waals surface area contributed by atoms with Crippen molar-refractivity contribution < 1.29 is 0 Å². The van der Waals surface area contributed by atoms with Crippen LogP contribution in [-0.2, 0) is 0 Å². The van der Waals surface area contributed by atoms with Gasteiger partial charge in [0.15, 0.2) is 0 Å². The van der Waals surface area contributed by atoms with Crippen LogP contribution < -0.4 is 5.32 Å². The van der Waals surface area contributed by atoms with Gasteiger partial charge in [-0.15, -0.1) is 0 Å². The molecule has 16 heavy (non-hydrogen) atoms. The Labute approximate surface area is 101 Å². The predicted octanol–water partition coefficient (Wildman–Crippen LogP) is 2.64. The van der Waals surface area contributed by atoms with Crippen LogP contribution in [0.3, 0.4) is 0 Å². The van der Waals surface area contributed by atoms with E-state index in [1.165, 1.54) is 58.2 Å². The van der Waals surface area contributed by atoms with E-state index in [0.717, 1.165) is 12.0 Å². The molecule has 2 unspecified atom stereocenters. The van der Waals surface area contributed by atoms with Gasteiger partial charge in [-0.1, -0.05) is 20.3 Å². The molecule has 1 heterocycles. The highest BCUT2D eigenvalue weighted by atomic mass is 15.2. The topological polar surface area (TPSA) is 15.3 Å². The number of rotatable bonds is 7. The number of unbranched alkanes of at least 4 members (excludes halogenated alkanes) is 2. The van der Waals surface area contributed by atoms with Gasteiger partial charge in [-0.3, -0.25) is 0 Å². The summed E-state index contributed by atoms with van der Waals surface area (Å²) in [4.78, 5) is 2.75. The van der Waals surface area contributed by atoms with E-state index in [9.17, 15) is 0 Å². The fourth-order valence-electron chi connectivity index (χ4n) is 3.31. The van der Waals surface area contributed by atoms with E-state index < -0.39 is 0 Å². The minimum absolute atomic E-state index is 0.648. The molecular weight excluding hydrogens is 196 g/mol. The Kier molecular flexibility index (Phi) is 4.66. The molecule has 94 valence electrons. The predicted molar refractivity (Wildman–Crippen MR) is 69.7 cm³/mol. The average molecular weight is 224 g/mol. The quantitative estimate of drug-likeness (QED) is 0.669. The van der Waals surface area contributed by atoms with Crippen LogP contribution in [0.15, 0.2) is 0 Å². The lowest BCUT2D eigenvalue weighted by molar-refractivity contribution is 0.209. The first-order valence-electron chi connectivity index (χ1n) is 7.23. The van der Waals surface area contributed by atoms with Crippen molar-refractivity contribution in [1.82, 2.24) is 10.2 Å². The van der Waals surface area contributed by atoms with Gasteiger partial charge in [0, 0.05) is 18.6 Å². The highest BCUT2D eigenvalue weighted by molar-refractivity contribution is 4.91. The van der Waals surface area contributed by atoms with Crippen molar-refractivity contribution >= 4 is 0 Å². The van der Waals surface area contributed by atoms with Gasteiger partial charge in [0.2, 0.25) is 0 Å². The first kappa shape index (κ1) is 12.4. The Hall–Kier alpha value is -0.0800.